The van der Waals surface area contributed by atoms with Crippen LogP contribution in [0.5, 0.6) is 0 Å². The number of hydrogen-bond donors (Lipinski definition) is 2. The summed E-state index contributed by atoms with van der Waals surface area (Å²) < 4.78 is 28.3. The first kappa shape index (κ1) is 18.8. The van der Waals surface area contributed by atoms with E-state index in [1.54, 1.807) is 18.2 Å². The molecule has 0 unspecified atom stereocenters. The second-order valence-corrected chi connectivity index (χ2v) is 8.18. The Kier molecular flexibility index (Phi) is 4.64. The fourth-order valence-electron chi connectivity index (χ4n) is 2.64. The number of hydrogen-bond acceptors (Lipinski definition) is 7. The van der Waals surface area contributed by atoms with Crippen LogP contribution in [-0.4, -0.2) is 49.6 Å². The summed E-state index contributed by atoms with van der Waals surface area (Å²) in [4.78, 5) is 28.2. The van der Waals surface area contributed by atoms with Gasteiger partial charge in [0.2, 0.25) is 11.7 Å². The summed E-state index contributed by atoms with van der Waals surface area (Å²) >= 11 is 0. The number of nitrogens with zero attached hydrogens (tertiary/aromatic N) is 4. The fraction of sp³-hybridized carbons (Fsp3) is 0.375. The number of anilines is 1. The van der Waals surface area contributed by atoms with E-state index < -0.39 is 15.9 Å². The van der Waals surface area contributed by atoms with E-state index in [0.717, 1.165) is 0 Å². The first-order valence-corrected chi connectivity index (χ1v) is 9.75. The predicted molar refractivity (Wildman–Crippen MR) is 99.3 cm³/mol. The van der Waals surface area contributed by atoms with Crippen LogP contribution in [0.3, 0.4) is 0 Å². The van der Waals surface area contributed by atoms with E-state index in [1.807, 2.05) is 20.8 Å². The minimum Gasteiger partial charge on any atom is -0.363 e. The Morgan fingerprint density at radius 3 is 2.52 bits per heavy atom. The van der Waals surface area contributed by atoms with Gasteiger partial charge in [-0.3, -0.25) is 9.59 Å². The average Bonchev–Trinajstić information content (AvgIpc) is 2.92. The van der Waals surface area contributed by atoms with E-state index in [1.165, 1.54) is 16.1 Å². The smallest absolute Gasteiger partial charge is 0.287 e. The molecule has 11 heteroatoms. The van der Waals surface area contributed by atoms with Gasteiger partial charge in [-0.15, -0.1) is 4.40 Å². The van der Waals surface area contributed by atoms with E-state index in [0.29, 0.717) is 0 Å². The summed E-state index contributed by atoms with van der Waals surface area (Å²) in [7, 11) is -3.97. The Balaban J connectivity index is 2.00. The van der Waals surface area contributed by atoms with Crippen molar-refractivity contribution in [2.75, 3.05) is 11.6 Å². The number of hydrazine groups is 1. The zero-order chi connectivity index (χ0) is 19.9. The quantitative estimate of drug-likeness (QED) is 0.713. The number of nitrogens with one attached hydrogen (secondary N) is 1. The number of primary amides is 1. The van der Waals surface area contributed by atoms with Gasteiger partial charge in [-0.25, -0.2) is 10.0 Å². The molecule has 0 saturated carbocycles. The third kappa shape index (κ3) is 3.37. The molecule has 0 aromatic heterocycles. The van der Waals surface area contributed by atoms with E-state index in [2.05, 4.69) is 14.7 Å². The number of benzene rings is 1. The van der Waals surface area contributed by atoms with Gasteiger partial charge in [0, 0.05) is 6.04 Å². The molecule has 0 radical (unpaired) electrons. The van der Waals surface area contributed by atoms with Crippen molar-refractivity contribution >= 4 is 39.3 Å². The molecule has 1 aromatic rings. The second-order valence-electron chi connectivity index (χ2n) is 6.60. The molecule has 1 aromatic carbocycles. The Bertz CT molecular complexity index is 969. The van der Waals surface area contributed by atoms with Crippen LogP contribution in [-0.2, 0) is 19.6 Å². The zero-order valence-electron chi connectivity index (χ0n) is 15.1. The Hall–Kier alpha value is -2.95. The third-order valence-corrected chi connectivity index (χ3v) is 5.66. The molecule has 0 fully saturated rings. The maximum atomic E-state index is 12.5. The number of amidine groups is 1. The minimum atomic E-state index is -3.97. The molecule has 0 aliphatic carbocycles. The van der Waals surface area contributed by atoms with Crippen molar-refractivity contribution in [1.29, 1.82) is 0 Å². The third-order valence-electron chi connectivity index (χ3n) is 4.36. The van der Waals surface area contributed by atoms with E-state index in [-0.39, 0.29) is 46.8 Å². The first-order chi connectivity index (χ1) is 12.6. The van der Waals surface area contributed by atoms with Gasteiger partial charge in [-0.2, -0.15) is 13.4 Å². The number of fused-ring (bicyclic) bond motifs is 3. The Morgan fingerprint density at radius 2 is 1.89 bits per heavy atom. The molecule has 0 spiro atoms. The maximum Gasteiger partial charge on any atom is 0.287 e. The van der Waals surface area contributed by atoms with Gasteiger partial charge in [0.1, 0.15) is 11.4 Å². The molecule has 1 atom stereocenters. The lowest BCUT2D eigenvalue weighted by Gasteiger charge is -2.33. The summed E-state index contributed by atoms with van der Waals surface area (Å²) in [5, 5.41) is 5.38. The topological polar surface area (TPSA) is 138 Å². The second kappa shape index (κ2) is 6.65. The molecule has 2 aliphatic heterocycles. The largest absolute Gasteiger partial charge is 0.363 e. The summed E-state index contributed by atoms with van der Waals surface area (Å²) in [5.74, 6) is -1.53. The molecule has 0 bridgehead atoms. The highest BCUT2D eigenvalue weighted by Gasteiger charge is 2.42. The van der Waals surface area contributed by atoms with E-state index >= 15 is 0 Å². The number of carbonyl (C=O) groups excluding carboxylic acids is 2. The molecule has 144 valence electrons. The number of nitrogens with two attached hydrogens (primary N) is 1. The van der Waals surface area contributed by atoms with Gasteiger partial charge >= 0.3 is 0 Å². The molecule has 10 nitrogen and oxygen atoms in total. The van der Waals surface area contributed by atoms with Gasteiger partial charge in [0.15, 0.2) is 0 Å². The van der Waals surface area contributed by atoms with Gasteiger partial charge in [-0.05, 0) is 25.0 Å². The molecule has 2 amide bonds. The lowest BCUT2D eigenvalue weighted by Crippen LogP contribution is -2.53. The maximum absolute atomic E-state index is 12.5. The number of carbonyl (C=O) groups is 2. The number of para-hydroxylation sites is 1. The van der Waals surface area contributed by atoms with E-state index in [9.17, 15) is 18.0 Å². The number of guanidine groups is 1. The lowest BCUT2D eigenvalue weighted by molar-refractivity contribution is -0.122. The zero-order valence-corrected chi connectivity index (χ0v) is 15.9. The van der Waals surface area contributed by atoms with Crippen molar-refractivity contribution in [3.05, 3.63) is 24.3 Å². The van der Waals surface area contributed by atoms with Gasteiger partial charge < -0.3 is 11.1 Å². The van der Waals surface area contributed by atoms with Crippen LogP contribution in [0.2, 0.25) is 0 Å². The van der Waals surface area contributed by atoms with Crippen LogP contribution in [0.1, 0.15) is 20.8 Å². The summed E-state index contributed by atoms with van der Waals surface area (Å²) in [6, 6.07) is 6.05. The van der Waals surface area contributed by atoms with Gasteiger partial charge in [0.25, 0.3) is 21.9 Å². The molecule has 3 N–H and O–H groups in total. The van der Waals surface area contributed by atoms with Crippen molar-refractivity contribution in [2.45, 2.75) is 31.7 Å². The molecule has 2 heterocycles. The molecule has 0 saturated heterocycles. The van der Waals surface area contributed by atoms with Gasteiger partial charge in [0.05, 0.1) is 5.69 Å². The number of rotatable bonds is 5. The van der Waals surface area contributed by atoms with Crippen LogP contribution in [0.15, 0.2) is 38.6 Å². The molecule has 3 rings (SSSR count). The lowest BCUT2D eigenvalue weighted by atomic mass is 10.1. The predicted octanol–water partition coefficient (Wildman–Crippen LogP) is -0.174. The van der Waals surface area contributed by atoms with Crippen molar-refractivity contribution in [1.82, 2.24) is 10.3 Å². The van der Waals surface area contributed by atoms with Gasteiger partial charge in [-0.1, -0.05) is 26.0 Å². The fourth-order valence-corrected chi connectivity index (χ4v) is 3.74. The highest BCUT2D eigenvalue weighted by Crippen LogP contribution is 2.34. The summed E-state index contributed by atoms with van der Waals surface area (Å²) in [6.45, 7) is 5.53. The van der Waals surface area contributed by atoms with Crippen LogP contribution in [0.4, 0.5) is 5.69 Å². The van der Waals surface area contributed by atoms with Crippen LogP contribution < -0.4 is 16.1 Å². The monoisotopic (exact) mass is 392 g/mol. The molecular weight excluding hydrogens is 372 g/mol. The minimum absolute atomic E-state index is 0.0457. The Morgan fingerprint density at radius 1 is 1.22 bits per heavy atom. The number of aliphatic imine (C=N–C) groups is 1. The number of amides is 2. The molecular formula is C16H20N6O4S. The molecule has 27 heavy (non-hydrogen) atoms. The summed E-state index contributed by atoms with van der Waals surface area (Å²) in [5.41, 5.74) is 5.62. The SMILES string of the molecule is CC(C)[C@@H](C)NC(=O)CN1C(C(N)=O)=NC2=NS(=O)(=O)c3ccccc3N21. The van der Waals surface area contributed by atoms with Crippen LogP contribution >= 0.6 is 0 Å². The normalized spacial score (nSPS) is 18.4. The average molecular weight is 392 g/mol. The summed E-state index contributed by atoms with van der Waals surface area (Å²) in [6.07, 6.45) is 0. The van der Waals surface area contributed by atoms with Crippen molar-refractivity contribution in [3.63, 3.8) is 0 Å². The standard InChI is InChI=1S/C16H20N6O4S/c1-9(2)10(3)18-13(23)8-21-15(14(17)24)19-16-20-27(25,26)12-7-5-4-6-11(12)22(16)21/h4-7,9-10H,8H2,1-3H3,(H2,17,24)(H,18,23)/t10-/m1/s1. The first-order valence-electron chi connectivity index (χ1n) is 8.31. The molecule has 2 aliphatic rings. The van der Waals surface area contributed by atoms with Crippen LogP contribution in [0.25, 0.3) is 0 Å². The van der Waals surface area contributed by atoms with Crippen molar-refractivity contribution < 1.29 is 18.0 Å². The van der Waals surface area contributed by atoms with Crippen molar-refractivity contribution in [2.24, 2.45) is 21.0 Å². The van der Waals surface area contributed by atoms with Crippen molar-refractivity contribution in [3.8, 4) is 0 Å². The van der Waals surface area contributed by atoms with E-state index in [4.69, 9.17) is 5.73 Å². The highest BCUT2D eigenvalue weighted by molar-refractivity contribution is 7.90. The number of sulfonamides is 1. The highest BCUT2D eigenvalue weighted by atomic mass is 32.2. The Labute approximate surface area is 156 Å². The van der Waals surface area contributed by atoms with Crippen LogP contribution in [0, 0.1) is 5.92 Å².